The summed E-state index contributed by atoms with van der Waals surface area (Å²) < 4.78 is 10.7. The van der Waals surface area contributed by atoms with E-state index >= 15 is 0 Å². The van der Waals surface area contributed by atoms with Gasteiger partial charge in [0, 0.05) is 0 Å². The van der Waals surface area contributed by atoms with E-state index in [9.17, 15) is 9.59 Å². The number of hydrogen-bond acceptors (Lipinski definition) is 5. The summed E-state index contributed by atoms with van der Waals surface area (Å²) in [6.07, 6.45) is 2.65. The van der Waals surface area contributed by atoms with Gasteiger partial charge in [0.05, 0.1) is 37.6 Å². The monoisotopic (exact) mass is 328 g/mol. The van der Waals surface area contributed by atoms with Gasteiger partial charge in [0.25, 0.3) is 5.91 Å². The van der Waals surface area contributed by atoms with Crippen molar-refractivity contribution in [1.82, 2.24) is 5.32 Å². The first-order chi connectivity index (χ1) is 11.7. The maximum Gasteiger partial charge on any atom is 0.251 e. The first-order valence-electron chi connectivity index (χ1n) is 8.04. The highest BCUT2D eigenvalue weighted by Gasteiger charge is 2.39. The van der Waals surface area contributed by atoms with E-state index in [0.717, 1.165) is 17.9 Å². The highest BCUT2D eigenvalue weighted by Crippen LogP contribution is 2.25. The van der Waals surface area contributed by atoms with Gasteiger partial charge in [0.2, 0.25) is 5.91 Å². The first-order valence-corrected chi connectivity index (χ1v) is 8.04. The van der Waals surface area contributed by atoms with Crippen LogP contribution in [0.25, 0.3) is 0 Å². The van der Waals surface area contributed by atoms with Crippen molar-refractivity contribution in [3.8, 4) is 5.75 Å². The number of ether oxygens (including phenoxy) is 1. The fraction of sp³-hybridized carbons (Fsp3) is 0.333. The lowest BCUT2D eigenvalue weighted by molar-refractivity contribution is -0.121. The zero-order valence-electron chi connectivity index (χ0n) is 13.5. The standard InChI is InChI=1S/C18H20N2O4/c1-2-9-23-14-7-5-13(6-8-14)20-17(21)11-16(18(20)22)19-12-15-4-3-10-24-15/h3-8,10,16,19H,2,9,11-12H2,1H3/t16-/m0/s1. The van der Waals surface area contributed by atoms with Crippen molar-refractivity contribution in [3.63, 3.8) is 0 Å². The molecule has 0 aliphatic carbocycles. The molecule has 1 aliphatic heterocycles. The highest BCUT2D eigenvalue weighted by molar-refractivity contribution is 6.22. The van der Waals surface area contributed by atoms with E-state index in [4.69, 9.17) is 9.15 Å². The Labute approximate surface area is 140 Å². The summed E-state index contributed by atoms with van der Waals surface area (Å²) in [6.45, 7) is 3.08. The predicted octanol–water partition coefficient (Wildman–Crippen LogP) is 2.49. The molecule has 0 unspecified atom stereocenters. The molecule has 2 aromatic rings. The second kappa shape index (κ2) is 7.31. The molecule has 1 saturated heterocycles. The number of rotatable bonds is 7. The third-order valence-corrected chi connectivity index (χ3v) is 3.82. The SMILES string of the molecule is CCCOc1ccc(N2C(=O)C[C@H](NCc3ccco3)C2=O)cc1. The molecule has 2 amide bonds. The fourth-order valence-electron chi connectivity index (χ4n) is 2.61. The van der Waals surface area contributed by atoms with Crippen molar-refractivity contribution in [2.45, 2.75) is 32.4 Å². The van der Waals surface area contributed by atoms with Crippen LogP contribution in [0.15, 0.2) is 47.1 Å². The Morgan fingerprint density at radius 2 is 2.04 bits per heavy atom. The number of carbonyl (C=O) groups excluding carboxylic acids is 2. The maximum atomic E-state index is 12.5. The number of hydrogen-bond donors (Lipinski definition) is 1. The smallest absolute Gasteiger partial charge is 0.251 e. The summed E-state index contributed by atoms with van der Waals surface area (Å²) in [5.41, 5.74) is 0.566. The summed E-state index contributed by atoms with van der Waals surface area (Å²) >= 11 is 0. The van der Waals surface area contributed by atoms with Crippen LogP contribution in [0.2, 0.25) is 0 Å². The van der Waals surface area contributed by atoms with Crippen LogP contribution >= 0.6 is 0 Å². The molecular weight excluding hydrogens is 308 g/mol. The maximum absolute atomic E-state index is 12.5. The van der Waals surface area contributed by atoms with Gasteiger partial charge < -0.3 is 9.15 Å². The first kappa shape index (κ1) is 16.3. The van der Waals surface area contributed by atoms with Crippen LogP contribution in [0.4, 0.5) is 5.69 Å². The molecule has 1 aromatic carbocycles. The van der Waals surface area contributed by atoms with Gasteiger partial charge in [-0.25, -0.2) is 4.90 Å². The molecule has 1 aromatic heterocycles. The van der Waals surface area contributed by atoms with E-state index in [2.05, 4.69) is 5.32 Å². The molecule has 3 rings (SSSR count). The Hall–Kier alpha value is -2.60. The normalized spacial score (nSPS) is 17.5. The minimum atomic E-state index is -0.529. The van der Waals surface area contributed by atoms with E-state index in [0.29, 0.717) is 18.8 Å². The Morgan fingerprint density at radius 3 is 2.71 bits per heavy atom. The fourth-order valence-corrected chi connectivity index (χ4v) is 2.61. The Kier molecular flexibility index (Phi) is 4.96. The van der Waals surface area contributed by atoms with Gasteiger partial charge in [-0.05, 0) is 42.8 Å². The lowest BCUT2D eigenvalue weighted by atomic mass is 10.2. The lowest BCUT2D eigenvalue weighted by Gasteiger charge is -2.16. The van der Waals surface area contributed by atoms with E-state index < -0.39 is 6.04 Å². The van der Waals surface area contributed by atoms with Gasteiger partial charge in [0.15, 0.2) is 0 Å². The van der Waals surface area contributed by atoms with E-state index in [-0.39, 0.29) is 18.2 Å². The number of furan rings is 1. The van der Waals surface area contributed by atoms with Gasteiger partial charge in [0.1, 0.15) is 11.5 Å². The van der Waals surface area contributed by atoms with Gasteiger partial charge in [-0.15, -0.1) is 0 Å². The van der Waals surface area contributed by atoms with Crippen molar-refractivity contribution in [2.75, 3.05) is 11.5 Å². The van der Waals surface area contributed by atoms with Crippen LogP contribution in [0.3, 0.4) is 0 Å². The molecular formula is C18H20N2O4. The second-order valence-electron chi connectivity index (χ2n) is 5.63. The second-order valence-corrected chi connectivity index (χ2v) is 5.63. The molecule has 126 valence electrons. The third kappa shape index (κ3) is 3.49. The number of nitrogens with zero attached hydrogens (tertiary/aromatic N) is 1. The molecule has 2 heterocycles. The van der Waals surface area contributed by atoms with Gasteiger partial charge >= 0.3 is 0 Å². The molecule has 0 bridgehead atoms. The zero-order valence-corrected chi connectivity index (χ0v) is 13.5. The van der Waals surface area contributed by atoms with E-state index in [1.165, 1.54) is 4.90 Å². The number of imide groups is 1. The minimum absolute atomic E-state index is 0.146. The average Bonchev–Trinajstić information content (AvgIpc) is 3.20. The van der Waals surface area contributed by atoms with Gasteiger partial charge in [-0.2, -0.15) is 0 Å². The lowest BCUT2D eigenvalue weighted by Crippen LogP contribution is -2.38. The minimum Gasteiger partial charge on any atom is -0.494 e. The molecule has 1 fully saturated rings. The number of anilines is 1. The zero-order chi connectivity index (χ0) is 16.9. The predicted molar refractivity (Wildman–Crippen MR) is 88.7 cm³/mol. The molecule has 0 spiro atoms. The number of benzene rings is 1. The molecule has 1 aliphatic rings. The van der Waals surface area contributed by atoms with Gasteiger partial charge in [-0.1, -0.05) is 6.92 Å². The number of amides is 2. The number of carbonyl (C=O) groups is 2. The Bertz CT molecular complexity index is 694. The van der Waals surface area contributed by atoms with Gasteiger partial charge in [-0.3, -0.25) is 14.9 Å². The molecule has 6 nitrogen and oxygen atoms in total. The Morgan fingerprint density at radius 1 is 1.25 bits per heavy atom. The third-order valence-electron chi connectivity index (χ3n) is 3.82. The van der Waals surface area contributed by atoms with Crippen LogP contribution in [0.5, 0.6) is 5.75 Å². The Balaban J connectivity index is 1.65. The molecule has 24 heavy (non-hydrogen) atoms. The van der Waals surface area contributed by atoms with Crippen molar-refractivity contribution in [3.05, 3.63) is 48.4 Å². The molecule has 0 saturated carbocycles. The van der Waals surface area contributed by atoms with Crippen molar-refractivity contribution < 1.29 is 18.7 Å². The molecule has 1 N–H and O–H groups in total. The van der Waals surface area contributed by atoms with Crippen LogP contribution in [-0.4, -0.2) is 24.5 Å². The van der Waals surface area contributed by atoms with Crippen LogP contribution in [0.1, 0.15) is 25.5 Å². The number of nitrogens with one attached hydrogen (secondary N) is 1. The quantitative estimate of drug-likeness (QED) is 0.791. The summed E-state index contributed by atoms with van der Waals surface area (Å²) in [5.74, 6) is 1.01. The summed E-state index contributed by atoms with van der Waals surface area (Å²) in [6, 6.07) is 10.1. The van der Waals surface area contributed by atoms with Crippen molar-refractivity contribution in [2.24, 2.45) is 0 Å². The van der Waals surface area contributed by atoms with Crippen LogP contribution in [-0.2, 0) is 16.1 Å². The summed E-state index contributed by atoms with van der Waals surface area (Å²) in [5, 5.41) is 3.07. The van der Waals surface area contributed by atoms with E-state index in [1.807, 2.05) is 13.0 Å². The van der Waals surface area contributed by atoms with Crippen molar-refractivity contribution in [1.29, 1.82) is 0 Å². The molecule has 6 heteroatoms. The van der Waals surface area contributed by atoms with E-state index in [1.54, 1.807) is 36.6 Å². The molecule has 0 radical (unpaired) electrons. The summed E-state index contributed by atoms with van der Waals surface area (Å²) in [4.78, 5) is 26.0. The van der Waals surface area contributed by atoms with Crippen LogP contribution in [0, 0.1) is 0 Å². The summed E-state index contributed by atoms with van der Waals surface area (Å²) in [7, 11) is 0. The average molecular weight is 328 g/mol. The van der Waals surface area contributed by atoms with Crippen molar-refractivity contribution >= 4 is 17.5 Å². The molecule has 1 atom stereocenters. The largest absolute Gasteiger partial charge is 0.494 e. The topological polar surface area (TPSA) is 71.8 Å². The van der Waals surface area contributed by atoms with Crippen LogP contribution < -0.4 is 15.0 Å². The highest BCUT2D eigenvalue weighted by atomic mass is 16.5.